The van der Waals surface area contributed by atoms with Gasteiger partial charge < -0.3 is 15.3 Å². The first-order valence-corrected chi connectivity index (χ1v) is 9.11. The number of amides is 1. The number of carbonyl (C=O) groups is 1. The average molecular weight is 372 g/mol. The molecule has 0 aliphatic carbocycles. The van der Waals surface area contributed by atoms with Crippen LogP contribution in [0.3, 0.4) is 0 Å². The summed E-state index contributed by atoms with van der Waals surface area (Å²) in [6.07, 6.45) is 1.44. The van der Waals surface area contributed by atoms with E-state index in [0.29, 0.717) is 22.3 Å². The zero-order chi connectivity index (χ0) is 18.7. The van der Waals surface area contributed by atoms with Gasteiger partial charge >= 0.3 is 5.69 Å². The Balaban J connectivity index is 1.76. The fourth-order valence-electron chi connectivity index (χ4n) is 2.35. The lowest BCUT2D eigenvalue weighted by molar-refractivity contribution is 0.102. The van der Waals surface area contributed by atoms with Crippen LogP contribution in [-0.4, -0.2) is 30.8 Å². The Bertz CT molecular complexity index is 1130. The van der Waals surface area contributed by atoms with Crippen molar-refractivity contribution in [2.75, 3.05) is 11.9 Å². The minimum atomic E-state index is -3.64. The van der Waals surface area contributed by atoms with Crippen LogP contribution in [0.15, 0.2) is 64.8 Å². The van der Waals surface area contributed by atoms with E-state index in [1.54, 1.807) is 18.2 Å². The van der Waals surface area contributed by atoms with Crippen LogP contribution in [0, 0.1) is 0 Å². The number of hydrogen-bond donors (Lipinski definition) is 4. The molecule has 1 amide bonds. The minimum absolute atomic E-state index is 0.0576. The van der Waals surface area contributed by atoms with Gasteiger partial charge in [-0.05, 0) is 42.5 Å². The van der Waals surface area contributed by atoms with Gasteiger partial charge in [-0.25, -0.2) is 17.9 Å². The van der Waals surface area contributed by atoms with Gasteiger partial charge in [0, 0.05) is 17.8 Å². The molecule has 0 aliphatic rings. The van der Waals surface area contributed by atoms with E-state index in [1.807, 2.05) is 0 Å². The van der Waals surface area contributed by atoms with Gasteiger partial charge in [0.1, 0.15) is 0 Å². The van der Waals surface area contributed by atoms with E-state index in [-0.39, 0.29) is 17.1 Å². The van der Waals surface area contributed by atoms with E-state index >= 15 is 0 Å². The highest BCUT2D eigenvalue weighted by atomic mass is 32.2. The van der Waals surface area contributed by atoms with E-state index in [2.05, 4.69) is 26.6 Å². The first kappa shape index (κ1) is 17.6. The molecule has 0 saturated heterocycles. The molecule has 0 aliphatic heterocycles. The second kappa shape index (κ2) is 6.98. The van der Waals surface area contributed by atoms with Crippen LogP contribution in [0.1, 0.15) is 10.4 Å². The molecule has 134 valence electrons. The fraction of sp³-hybridized carbons (Fsp3) is 0.0588. The summed E-state index contributed by atoms with van der Waals surface area (Å²) in [7, 11) is -3.64. The van der Waals surface area contributed by atoms with Crippen LogP contribution < -0.4 is 15.7 Å². The predicted octanol–water partition coefficient (Wildman–Crippen LogP) is 1.57. The van der Waals surface area contributed by atoms with Gasteiger partial charge in [-0.3, -0.25) is 4.79 Å². The number of sulfonamides is 1. The third-order valence-corrected chi connectivity index (χ3v) is 5.06. The number of carbonyl (C=O) groups excluding carboxylic acids is 1. The van der Waals surface area contributed by atoms with Crippen molar-refractivity contribution >= 4 is 32.7 Å². The van der Waals surface area contributed by atoms with Crippen LogP contribution in [0.5, 0.6) is 0 Å². The monoisotopic (exact) mass is 372 g/mol. The molecule has 0 atom stereocenters. The van der Waals surface area contributed by atoms with Crippen LogP contribution in [-0.2, 0) is 10.0 Å². The van der Waals surface area contributed by atoms with Gasteiger partial charge in [-0.1, -0.05) is 6.08 Å². The Morgan fingerprint density at radius 2 is 1.77 bits per heavy atom. The molecule has 0 unspecified atom stereocenters. The molecule has 0 radical (unpaired) electrons. The van der Waals surface area contributed by atoms with Crippen LogP contribution >= 0.6 is 0 Å². The molecule has 0 bridgehead atoms. The Morgan fingerprint density at radius 1 is 1.08 bits per heavy atom. The van der Waals surface area contributed by atoms with Crippen molar-refractivity contribution < 1.29 is 13.2 Å². The first-order chi connectivity index (χ1) is 12.4. The second-order valence-electron chi connectivity index (χ2n) is 5.46. The number of hydrogen-bond acceptors (Lipinski definition) is 4. The third-order valence-electron chi connectivity index (χ3n) is 3.62. The summed E-state index contributed by atoms with van der Waals surface area (Å²) in [6.45, 7) is 3.57. The zero-order valence-corrected chi connectivity index (χ0v) is 14.4. The molecule has 8 nitrogen and oxygen atoms in total. The maximum atomic E-state index is 12.3. The summed E-state index contributed by atoms with van der Waals surface area (Å²) in [4.78, 5) is 28.9. The topological polar surface area (TPSA) is 124 Å². The number of benzene rings is 2. The zero-order valence-electron chi connectivity index (χ0n) is 13.6. The summed E-state index contributed by atoms with van der Waals surface area (Å²) >= 11 is 0. The highest BCUT2D eigenvalue weighted by Gasteiger charge is 2.14. The summed E-state index contributed by atoms with van der Waals surface area (Å²) < 4.78 is 26.4. The SMILES string of the molecule is C=CCNS(=O)(=O)c1ccc(C(=O)Nc2ccc3[nH]c(=O)[nH]c3c2)cc1. The molecule has 0 spiro atoms. The van der Waals surface area contributed by atoms with Gasteiger partial charge in [0.15, 0.2) is 0 Å². The van der Waals surface area contributed by atoms with E-state index in [0.717, 1.165) is 0 Å². The number of imidazole rings is 1. The molecule has 0 saturated carbocycles. The fourth-order valence-corrected chi connectivity index (χ4v) is 3.35. The van der Waals surface area contributed by atoms with E-state index < -0.39 is 15.9 Å². The predicted molar refractivity (Wildman–Crippen MR) is 98.7 cm³/mol. The number of rotatable bonds is 6. The molecule has 4 N–H and O–H groups in total. The largest absolute Gasteiger partial charge is 0.323 e. The summed E-state index contributed by atoms with van der Waals surface area (Å²) in [6, 6.07) is 10.5. The Kier molecular flexibility index (Phi) is 4.74. The van der Waals surface area contributed by atoms with Crippen molar-refractivity contribution in [2.45, 2.75) is 4.90 Å². The number of anilines is 1. The van der Waals surface area contributed by atoms with Gasteiger partial charge in [0.2, 0.25) is 10.0 Å². The second-order valence-corrected chi connectivity index (χ2v) is 7.23. The van der Waals surface area contributed by atoms with Crippen molar-refractivity contribution in [1.82, 2.24) is 14.7 Å². The smallest absolute Gasteiger partial charge is 0.322 e. The van der Waals surface area contributed by atoms with Crippen LogP contribution in [0.4, 0.5) is 5.69 Å². The van der Waals surface area contributed by atoms with E-state index in [9.17, 15) is 18.0 Å². The third kappa shape index (κ3) is 3.73. The molecule has 1 aromatic heterocycles. The lowest BCUT2D eigenvalue weighted by Crippen LogP contribution is -2.23. The number of fused-ring (bicyclic) bond motifs is 1. The Hall–Kier alpha value is -3.17. The van der Waals surface area contributed by atoms with E-state index in [1.165, 1.54) is 30.3 Å². The summed E-state index contributed by atoms with van der Waals surface area (Å²) in [5, 5.41) is 2.70. The molecule has 1 heterocycles. The molecule has 0 fully saturated rings. The highest BCUT2D eigenvalue weighted by Crippen LogP contribution is 2.16. The Labute approximate surface area is 149 Å². The number of aromatic amines is 2. The van der Waals surface area contributed by atoms with Crippen molar-refractivity contribution in [2.24, 2.45) is 0 Å². The van der Waals surface area contributed by atoms with Gasteiger partial charge in [0.05, 0.1) is 15.9 Å². The molecular formula is C17H16N4O4S. The Morgan fingerprint density at radius 3 is 2.46 bits per heavy atom. The standard InChI is InChI=1S/C17H16N4O4S/c1-2-9-18-26(24,25)13-6-3-11(4-7-13)16(22)19-12-5-8-14-15(10-12)21-17(23)20-14/h2-8,10,18H,1,9H2,(H,19,22)(H2,20,21,23). The van der Waals surface area contributed by atoms with Gasteiger partial charge in [-0.2, -0.15) is 0 Å². The highest BCUT2D eigenvalue weighted by molar-refractivity contribution is 7.89. The van der Waals surface area contributed by atoms with Crippen LogP contribution in [0.25, 0.3) is 11.0 Å². The lowest BCUT2D eigenvalue weighted by Gasteiger charge is -2.07. The normalized spacial score (nSPS) is 11.4. The van der Waals surface area contributed by atoms with Crippen molar-refractivity contribution in [3.63, 3.8) is 0 Å². The maximum absolute atomic E-state index is 12.3. The van der Waals surface area contributed by atoms with Crippen molar-refractivity contribution in [3.05, 3.63) is 71.2 Å². The summed E-state index contributed by atoms with van der Waals surface area (Å²) in [5.74, 6) is -0.398. The number of H-pyrrole nitrogens is 2. The molecule has 3 rings (SSSR count). The molecule has 26 heavy (non-hydrogen) atoms. The number of nitrogens with one attached hydrogen (secondary N) is 4. The van der Waals surface area contributed by atoms with Crippen molar-refractivity contribution in [3.8, 4) is 0 Å². The molecular weight excluding hydrogens is 356 g/mol. The quantitative estimate of drug-likeness (QED) is 0.490. The lowest BCUT2D eigenvalue weighted by atomic mass is 10.2. The van der Waals surface area contributed by atoms with Crippen molar-refractivity contribution in [1.29, 1.82) is 0 Å². The molecule has 3 aromatic rings. The summed E-state index contributed by atoms with van der Waals surface area (Å²) in [5.41, 5.74) is 1.68. The molecule has 2 aromatic carbocycles. The molecule has 9 heteroatoms. The van der Waals surface area contributed by atoms with Gasteiger partial charge in [0.25, 0.3) is 5.91 Å². The minimum Gasteiger partial charge on any atom is -0.322 e. The average Bonchev–Trinajstić information content (AvgIpc) is 2.99. The number of aromatic nitrogens is 2. The van der Waals surface area contributed by atoms with Gasteiger partial charge in [-0.15, -0.1) is 6.58 Å². The maximum Gasteiger partial charge on any atom is 0.323 e. The van der Waals surface area contributed by atoms with Crippen LogP contribution in [0.2, 0.25) is 0 Å². The first-order valence-electron chi connectivity index (χ1n) is 7.63. The van der Waals surface area contributed by atoms with E-state index in [4.69, 9.17) is 0 Å².